The van der Waals surface area contributed by atoms with Gasteiger partial charge >= 0.3 is 0 Å². The maximum atomic E-state index is 4.68. The first-order chi connectivity index (χ1) is 8.22. The van der Waals surface area contributed by atoms with Crippen molar-refractivity contribution in [2.45, 2.75) is 32.2 Å². The number of nitrogens with one attached hydrogen (secondary N) is 1. The van der Waals surface area contributed by atoms with Crippen molar-refractivity contribution >= 4 is 11.0 Å². The Balaban J connectivity index is 2.06. The minimum absolute atomic E-state index is 0.588. The van der Waals surface area contributed by atoms with Crippen LogP contribution in [0.3, 0.4) is 0 Å². The van der Waals surface area contributed by atoms with Gasteiger partial charge < -0.3 is 9.88 Å². The van der Waals surface area contributed by atoms with Gasteiger partial charge in [0.2, 0.25) is 0 Å². The van der Waals surface area contributed by atoms with Crippen LogP contribution in [-0.4, -0.2) is 22.6 Å². The maximum Gasteiger partial charge on any atom is 0.109 e. The van der Waals surface area contributed by atoms with Crippen LogP contribution in [0.25, 0.3) is 11.0 Å². The molecule has 1 unspecified atom stereocenters. The molecule has 1 heterocycles. The number of benzene rings is 1. The van der Waals surface area contributed by atoms with Gasteiger partial charge in [-0.25, -0.2) is 4.98 Å². The Morgan fingerprint density at radius 3 is 2.82 bits per heavy atom. The molecular weight excluding hydrogens is 210 g/mol. The van der Waals surface area contributed by atoms with E-state index in [1.807, 2.05) is 13.1 Å². The Morgan fingerprint density at radius 2 is 2.12 bits per heavy atom. The van der Waals surface area contributed by atoms with E-state index in [0.717, 1.165) is 11.9 Å². The highest BCUT2D eigenvalue weighted by Crippen LogP contribution is 2.15. The lowest BCUT2D eigenvalue weighted by Gasteiger charge is -2.09. The molecule has 92 valence electrons. The summed E-state index contributed by atoms with van der Waals surface area (Å²) >= 11 is 0. The van der Waals surface area contributed by atoms with E-state index in [1.165, 1.54) is 24.2 Å². The Bertz CT molecular complexity index is 487. The third-order valence-corrected chi connectivity index (χ3v) is 3.41. The molecule has 3 nitrogen and oxygen atoms in total. The Labute approximate surface area is 103 Å². The molecule has 1 aromatic heterocycles. The van der Waals surface area contributed by atoms with Crippen molar-refractivity contribution in [2.75, 3.05) is 7.05 Å². The molecule has 2 aromatic rings. The van der Waals surface area contributed by atoms with Crippen LogP contribution in [0, 0.1) is 0 Å². The minimum Gasteiger partial charge on any atom is -0.331 e. The molecule has 17 heavy (non-hydrogen) atoms. The highest BCUT2D eigenvalue weighted by molar-refractivity contribution is 5.75. The summed E-state index contributed by atoms with van der Waals surface area (Å²) in [6.45, 7) is 2.22. The maximum absolute atomic E-state index is 4.68. The molecule has 1 aromatic carbocycles. The number of fused-ring (bicyclic) bond motifs is 1. The molecule has 0 aliphatic rings. The summed E-state index contributed by atoms with van der Waals surface area (Å²) in [7, 11) is 4.12. The van der Waals surface area contributed by atoms with E-state index in [9.17, 15) is 0 Å². The number of imidazole rings is 1. The van der Waals surface area contributed by atoms with Crippen LogP contribution in [0.5, 0.6) is 0 Å². The lowest BCUT2D eigenvalue weighted by Crippen LogP contribution is -2.21. The molecule has 1 atom stereocenters. The molecule has 0 radical (unpaired) electrons. The summed E-state index contributed by atoms with van der Waals surface area (Å²) in [5.74, 6) is 1.19. The number of nitrogens with zero attached hydrogens (tertiary/aromatic N) is 2. The monoisotopic (exact) mass is 231 g/mol. The predicted octanol–water partition coefficient (Wildman–Crippen LogP) is 2.50. The van der Waals surface area contributed by atoms with E-state index >= 15 is 0 Å². The molecule has 0 aliphatic carbocycles. The van der Waals surface area contributed by atoms with Crippen LogP contribution in [0.4, 0.5) is 0 Å². The van der Waals surface area contributed by atoms with E-state index in [0.29, 0.717) is 6.04 Å². The van der Waals surface area contributed by atoms with Crippen LogP contribution in [0.15, 0.2) is 24.3 Å². The SMILES string of the molecule is CNC(C)CCCc1nc2ccccc2n1C. The fourth-order valence-electron chi connectivity index (χ4n) is 2.13. The Kier molecular flexibility index (Phi) is 3.79. The van der Waals surface area contributed by atoms with Gasteiger partial charge in [-0.15, -0.1) is 0 Å². The zero-order chi connectivity index (χ0) is 12.3. The molecule has 0 bridgehead atoms. The van der Waals surface area contributed by atoms with Crippen molar-refractivity contribution in [3.05, 3.63) is 30.1 Å². The highest BCUT2D eigenvalue weighted by Gasteiger charge is 2.07. The smallest absolute Gasteiger partial charge is 0.109 e. The normalized spacial score (nSPS) is 13.1. The average Bonchev–Trinajstić information content (AvgIpc) is 2.67. The summed E-state index contributed by atoms with van der Waals surface area (Å²) < 4.78 is 2.21. The molecule has 1 N–H and O–H groups in total. The second-order valence-corrected chi connectivity index (χ2v) is 4.66. The third-order valence-electron chi connectivity index (χ3n) is 3.41. The van der Waals surface area contributed by atoms with Gasteiger partial charge in [0, 0.05) is 19.5 Å². The molecule has 2 rings (SSSR count). The third kappa shape index (κ3) is 2.67. The molecule has 0 aliphatic heterocycles. The van der Waals surface area contributed by atoms with Gasteiger partial charge in [-0.05, 0) is 38.9 Å². The van der Waals surface area contributed by atoms with Crippen molar-refractivity contribution in [1.82, 2.24) is 14.9 Å². The van der Waals surface area contributed by atoms with Gasteiger partial charge in [0.15, 0.2) is 0 Å². The molecule has 0 amide bonds. The minimum atomic E-state index is 0.588. The van der Waals surface area contributed by atoms with Crippen molar-refractivity contribution in [3.8, 4) is 0 Å². The first kappa shape index (κ1) is 12.1. The second kappa shape index (κ2) is 5.32. The number of aromatic nitrogens is 2. The number of hydrogen-bond donors (Lipinski definition) is 1. The molecule has 0 spiro atoms. The van der Waals surface area contributed by atoms with Crippen LogP contribution < -0.4 is 5.32 Å². The van der Waals surface area contributed by atoms with E-state index < -0.39 is 0 Å². The van der Waals surface area contributed by atoms with Gasteiger partial charge in [-0.1, -0.05) is 12.1 Å². The quantitative estimate of drug-likeness (QED) is 0.857. The fraction of sp³-hybridized carbons (Fsp3) is 0.500. The van der Waals surface area contributed by atoms with E-state index in [1.54, 1.807) is 0 Å². The largest absolute Gasteiger partial charge is 0.331 e. The Morgan fingerprint density at radius 1 is 1.35 bits per heavy atom. The lowest BCUT2D eigenvalue weighted by atomic mass is 10.1. The molecule has 0 saturated carbocycles. The summed E-state index contributed by atoms with van der Waals surface area (Å²) in [6, 6.07) is 8.90. The summed E-state index contributed by atoms with van der Waals surface area (Å²) in [6.07, 6.45) is 3.43. The highest BCUT2D eigenvalue weighted by atomic mass is 15.1. The van der Waals surface area contributed by atoms with E-state index in [2.05, 4.69) is 47.0 Å². The summed E-state index contributed by atoms with van der Waals surface area (Å²) in [5, 5.41) is 3.27. The standard InChI is InChI=1S/C14H21N3/c1-11(15-2)7-6-10-14-16-12-8-4-5-9-13(12)17(14)3/h4-5,8-9,11,15H,6-7,10H2,1-3H3. The van der Waals surface area contributed by atoms with Gasteiger partial charge in [-0.2, -0.15) is 0 Å². The van der Waals surface area contributed by atoms with Gasteiger partial charge in [0.05, 0.1) is 11.0 Å². The predicted molar refractivity (Wildman–Crippen MR) is 72.2 cm³/mol. The second-order valence-electron chi connectivity index (χ2n) is 4.66. The van der Waals surface area contributed by atoms with Crippen molar-refractivity contribution < 1.29 is 0 Å². The molecule has 3 heteroatoms. The average molecular weight is 231 g/mol. The summed E-state index contributed by atoms with van der Waals surface area (Å²) in [5.41, 5.74) is 2.33. The number of aryl methyl sites for hydroxylation is 2. The van der Waals surface area contributed by atoms with Crippen LogP contribution in [0.1, 0.15) is 25.6 Å². The zero-order valence-electron chi connectivity index (χ0n) is 10.9. The topological polar surface area (TPSA) is 29.9 Å². The van der Waals surface area contributed by atoms with Crippen molar-refractivity contribution in [1.29, 1.82) is 0 Å². The van der Waals surface area contributed by atoms with Crippen molar-refractivity contribution in [3.63, 3.8) is 0 Å². The summed E-state index contributed by atoms with van der Waals surface area (Å²) in [4.78, 5) is 4.68. The molecular formula is C14H21N3. The van der Waals surface area contributed by atoms with Gasteiger partial charge in [0.25, 0.3) is 0 Å². The lowest BCUT2D eigenvalue weighted by molar-refractivity contribution is 0.534. The van der Waals surface area contributed by atoms with E-state index in [-0.39, 0.29) is 0 Å². The molecule has 0 fully saturated rings. The van der Waals surface area contributed by atoms with Crippen LogP contribution >= 0.6 is 0 Å². The number of hydrogen-bond acceptors (Lipinski definition) is 2. The number of rotatable bonds is 5. The van der Waals surface area contributed by atoms with Crippen LogP contribution in [-0.2, 0) is 13.5 Å². The number of para-hydroxylation sites is 2. The van der Waals surface area contributed by atoms with Gasteiger partial charge in [0.1, 0.15) is 5.82 Å². The first-order valence-electron chi connectivity index (χ1n) is 6.30. The van der Waals surface area contributed by atoms with Crippen LogP contribution in [0.2, 0.25) is 0 Å². The Hall–Kier alpha value is -1.35. The fourth-order valence-corrected chi connectivity index (χ4v) is 2.13. The van der Waals surface area contributed by atoms with E-state index in [4.69, 9.17) is 0 Å². The van der Waals surface area contributed by atoms with Gasteiger partial charge in [-0.3, -0.25) is 0 Å². The molecule has 0 saturated heterocycles. The first-order valence-corrected chi connectivity index (χ1v) is 6.30. The zero-order valence-corrected chi connectivity index (χ0v) is 10.9. The van der Waals surface area contributed by atoms with Crippen molar-refractivity contribution in [2.24, 2.45) is 7.05 Å².